The lowest BCUT2D eigenvalue weighted by atomic mass is 10.0. The number of benzene rings is 2. The minimum absolute atomic E-state index is 0.0166. The summed E-state index contributed by atoms with van der Waals surface area (Å²) >= 11 is 0. The number of imidazole rings is 1. The van der Waals surface area contributed by atoms with E-state index in [1.807, 2.05) is 0 Å². The Labute approximate surface area is 245 Å². The van der Waals surface area contributed by atoms with Gasteiger partial charge in [-0.3, -0.25) is 19.2 Å². The Morgan fingerprint density at radius 3 is 1.65 bits per heavy atom. The number of carbonyl (C=O) groups excluding carboxylic acids is 3. The number of carbonyl (C=O) groups is 5. The SMILES string of the molecule is NC(CC(=O)O)C(=O)NC(Cc1cnc[nH]1)C(=O)NC(Cc1ccc(O)cc1)C(=O)NC(Cc1ccc(O)cc1)C(=O)O. The number of carboxylic acid groups (broad SMARTS) is 2. The normalized spacial score (nSPS) is 13.6. The second kappa shape index (κ2) is 15.0. The second-order valence-electron chi connectivity index (χ2n) is 9.75. The monoisotopic (exact) mass is 596 g/mol. The highest BCUT2D eigenvalue weighted by atomic mass is 16.4. The van der Waals surface area contributed by atoms with Crippen molar-refractivity contribution >= 4 is 29.7 Å². The summed E-state index contributed by atoms with van der Waals surface area (Å²) in [7, 11) is 0. The lowest BCUT2D eigenvalue weighted by molar-refractivity contribution is -0.142. The van der Waals surface area contributed by atoms with Gasteiger partial charge in [-0.15, -0.1) is 0 Å². The number of aliphatic carboxylic acids is 2. The van der Waals surface area contributed by atoms with Gasteiger partial charge in [-0.05, 0) is 35.4 Å². The molecule has 0 aliphatic heterocycles. The Kier molecular flexibility index (Phi) is 11.2. The summed E-state index contributed by atoms with van der Waals surface area (Å²) in [6.07, 6.45) is 1.71. The maximum atomic E-state index is 13.5. The molecular weight excluding hydrogens is 564 g/mol. The number of hydrogen-bond acceptors (Lipinski definition) is 9. The van der Waals surface area contributed by atoms with Crippen LogP contribution < -0.4 is 21.7 Å². The Bertz CT molecular complexity index is 1410. The van der Waals surface area contributed by atoms with Crippen molar-refractivity contribution < 1.29 is 44.4 Å². The molecule has 15 nitrogen and oxygen atoms in total. The molecule has 0 radical (unpaired) electrons. The van der Waals surface area contributed by atoms with E-state index in [0.29, 0.717) is 16.8 Å². The lowest BCUT2D eigenvalue weighted by Gasteiger charge is -2.25. The van der Waals surface area contributed by atoms with Crippen molar-refractivity contribution in [3.63, 3.8) is 0 Å². The highest BCUT2D eigenvalue weighted by Crippen LogP contribution is 2.14. The molecule has 0 saturated heterocycles. The fourth-order valence-corrected chi connectivity index (χ4v) is 4.07. The van der Waals surface area contributed by atoms with Gasteiger partial charge in [0.25, 0.3) is 0 Å². The van der Waals surface area contributed by atoms with E-state index in [0.717, 1.165) is 0 Å². The molecule has 0 aliphatic rings. The minimum atomic E-state index is -1.46. The topological polar surface area (TPSA) is 257 Å². The Balaban J connectivity index is 1.84. The number of hydrogen-bond donors (Lipinski definition) is 9. The van der Waals surface area contributed by atoms with E-state index in [2.05, 4.69) is 25.9 Å². The second-order valence-corrected chi connectivity index (χ2v) is 9.75. The molecule has 0 bridgehead atoms. The highest BCUT2D eigenvalue weighted by molar-refractivity contribution is 5.95. The fraction of sp³-hybridized carbons (Fsp3) is 0.286. The number of nitrogens with two attached hydrogens (primary N) is 1. The number of phenols is 2. The molecule has 10 N–H and O–H groups in total. The van der Waals surface area contributed by atoms with Crippen LogP contribution in [0.5, 0.6) is 11.5 Å². The minimum Gasteiger partial charge on any atom is -0.508 e. The predicted molar refractivity (Wildman–Crippen MR) is 150 cm³/mol. The molecular formula is C28H32N6O9. The molecule has 3 aromatic rings. The van der Waals surface area contributed by atoms with E-state index in [-0.39, 0.29) is 30.8 Å². The van der Waals surface area contributed by atoms with Gasteiger partial charge >= 0.3 is 11.9 Å². The number of aromatic hydroxyl groups is 2. The third-order valence-electron chi connectivity index (χ3n) is 6.34. The summed E-state index contributed by atoms with van der Waals surface area (Å²) in [5, 5.41) is 45.3. The standard InChI is InChI=1S/C28H32N6O9/c29-20(12-24(37)38)25(39)32-22(11-17-13-30-14-31-17)27(41)33-21(9-15-1-5-18(35)6-2-15)26(40)34-23(28(42)43)10-16-3-7-19(36)8-4-16/h1-8,13-14,20-23,35-36H,9-12,29H2,(H,30,31)(H,32,39)(H,33,41)(H,34,40)(H,37,38)(H,42,43). The molecule has 3 amide bonds. The zero-order valence-corrected chi connectivity index (χ0v) is 22.8. The first-order valence-electron chi connectivity index (χ1n) is 13.1. The number of nitrogens with one attached hydrogen (secondary N) is 4. The molecule has 0 saturated carbocycles. The number of amides is 3. The summed E-state index contributed by atoms with van der Waals surface area (Å²) < 4.78 is 0. The van der Waals surface area contributed by atoms with Crippen LogP contribution in [-0.4, -0.2) is 84.2 Å². The molecule has 2 aromatic carbocycles. The molecule has 0 spiro atoms. The zero-order valence-electron chi connectivity index (χ0n) is 22.8. The summed E-state index contributed by atoms with van der Waals surface area (Å²) in [5.74, 6) is -5.31. The van der Waals surface area contributed by atoms with Gasteiger partial charge < -0.3 is 47.1 Å². The van der Waals surface area contributed by atoms with Gasteiger partial charge in [-0.25, -0.2) is 9.78 Å². The van der Waals surface area contributed by atoms with Crippen LogP contribution in [0.4, 0.5) is 0 Å². The van der Waals surface area contributed by atoms with Crippen LogP contribution in [0.25, 0.3) is 0 Å². The van der Waals surface area contributed by atoms with E-state index in [1.54, 1.807) is 0 Å². The molecule has 228 valence electrons. The van der Waals surface area contributed by atoms with Crippen molar-refractivity contribution in [3.05, 3.63) is 77.9 Å². The number of aromatic nitrogens is 2. The van der Waals surface area contributed by atoms with E-state index in [1.165, 1.54) is 61.1 Å². The van der Waals surface area contributed by atoms with Gasteiger partial charge in [0.2, 0.25) is 17.7 Å². The van der Waals surface area contributed by atoms with Crippen LogP contribution in [0.1, 0.15) is 23.2 Å². The Morgan fingerprint density at radius 1 is 0.721 bits per heavy atom. The van der Waals surface area contributed by atoms with Crippen molar-refractivity contribution in [3.8, 4) is 11.5 Å². The maximum absolute atomic E-state index is 13.5. The van der Waals surface area contributed by atoms with Gasteiger partial charge in [0.05, 0.1) is 18.8 Å². The molecule has 4 unspecified atom stereocenters. The molecule has 0 fully saturated rings. The van der Waals surface area contributed by atoms with E-state index < -0.39 is 60.2 Å². The molecule has 4 atom stereocenters. The molecule has 3 rings (SSSR count). The molecule has 43 heavy (non-hydrogen) atoms. The summed E-state index contributed by atoms with van der Waals surface area (Å²) in [4.78, 5) is 69.2. The van der Waals surface area contributed by atoms with Crippen LogP contribution in [-0.2, 0) is 43.2 Å². The van der Waals surface area contributed by atoms with Crippen molar-refractivity contribution in [2.75, 3.05) is 0 Å². The number of carboxylic acids is 2. The van der Waals surface area contributed by atoms with Crippen LogP contribution in [0.2, 0.25) is 0 Å². The first-order chi connectivity index (χ1) is 20.4. The fourth-order valence-electron chi connectivity index (χ4n) is 4.07. The third kappa shape index (κ3) is 10.2. The molecule has 0 aliphatic carbocycles. The predicted octanol–water partition coefficient (Wildman–Crippen LogP) is -0.810. The van der Waals surface area contributed by atoms with Gasteiger partial charge in [-0.2, -0.15) is 0 Å². The van der Waals surface area contributed by atoms with Crippen molar-refractivity contribution in [2.45, 2.75) is 49.9 Å². The average molecular weight is 597 g/mol. The van der Waals surface area contributed by atoms with Crippen LogP contribution in [0, 0.1) is 0 Å². The van der Waals surface area contributed by atoms with Gasteiger partial charge in [-0.1, -0.05) is 24.3 Å². The number of nitrogens with zero attached hydrogens (tertiary/aromatic N) is 1. The van der Waals surface area contributed by atoms with Crippen LogP contribution >= 0.6 is 0 Å². The summed E-state index contributed by atoms with van der Waals surface area (Å²) in [5.41, 5.74) is 7.13. The summed E-state index contributed by atoms with van der Waals surface area (Å²) in [6, 6.07) is 6.03. The number of rotatable bonds is 15. The quantitative estimate of drug-likeness (QED) is 0.105. The van der Waals surface area contributed by atoms with E-state index in [9.17, 15) is 39.3 Å². The largest absolute Gasteiger partial charge is 0.508 e. The lowest BCUT2D eigenvalue weighted by Crippen LogP contribution is -2.58. The third-order valence-corrected chi connectivity index (χ3v) is 6.34. The first kappa shape index (κ1) is 32.1. The molecule has 1 heterocycles. The van der Waals surface area contributed by atoms with Crippen molar-refractivity contribution in [2.24, 2.45) is 5.73 Å². The van der Waals surface area contributed by atoms with Crippen molar-refractivity contribution in [1.82, 2.24) is 25.9 Å². The van der Waals surface area contributed by atoms with E-state index in [4.69, 9.17) is 10.8 Å². The smallest absolute Gasteiger partial charge is 0.326 e. The number of aromatic amines is 1. The number of phenolic OH excluding ortho intramolecular Hbond substituents is 2. The van der Waals surface area contributed by atoms with Crippen molar-refractivity contribution in [1.29, 1.82) is 0 Å². The van der Waals surface area contributed by atoms with E-state index >= 15 is 0 Å². The Hall–Kier alpha value is -5.44. The Morgan fingerprint density at radius 2 is 1.19 bits per heavy atom. The van der Waals surface area contributed by atoms with Crippen LogP contribution in [0.3, 0.4) is 0 Å². The molecule has 1 aromatic heterocycles. The van der Waals surface area contributed by atoms with Crippen LogP contribution in [0.15, 0.2) is 61.1 Å². The highest BCUT2D eigenvalue weighted by Gasteiger charge is 2.31. The first-order valence-corrected chi connectivity index (χ1v) is 13.1. The summed E-state index contributed by atoms with van der Waals surface area (Å²) in [6.45, 7) is 0. The zero-order chi connectivity index (χ0) is 31.5. The van der Waals surface area contributed by atoms with Gasteiger partial charge in [0.1, 0.15) is 29.6 Å². The number of H-pyrrole nitrogens is 1. The molecule has 15 heteroatoms. The maximum Gasteiger partial charge on any atom is 0.326 e. The average Bonchev–Trinajstić information content (AvgIpc) is 3.47. The van der Waals surface area contributed by atoms with Gasteiger partial charge in [0.15, 0.2) is 0 Å². The van der Waals surface area contributed by atoms with Gasteiger partial charge in [0, 0.05) is 31.2 Å².